The molecule has 0 spiro atoms. The van der Waals surface area contributed by atoms with Crippen LogP contribution in [0.5, 0.6) is 0 Å². The number of benzene rings is 1. The van der Waals surface area contributed by atoms with Crippen molar-refractivity contribution in [1.82, 2.24) is 0 Å². The van der Waals surface area contributed by atoms with Crippen LogP contribution in [0.1, 0.15) is 38.2 Å². The molecule has 5 heteroatoms. The van der Waals surface area contributed by atoms with Gasteiger partial charge in [-0.15, -0.1) is 0 Å². The molecule has 2 rings (SSSR count). The summed E-state index contributed by atoms with van der Waals surface area (Å²) in [7, 11) is 0. The van der Waals surface area contributed by atoms with Crippen molar-refractivity contribution in [2.24, 2.45) is 0 Å². The van der Waals surface area contributed by atoms with E-state index < -0.39 is 17.7 Å². The van der Waals surface area contributed by atoms with Crippen LogP contribution in [0.2, 0.25) is 0 Å². The lowest BCUT2D eigenvalue weighted by molar-refractivity contribution is -0.236. The first-order valence-electron chi connectivity index (χ1n) is 6.95. The largest absolute Gasteiger partial charge is 0.512 e. The van der Waals surface area contributed by atoms with Crippen LogP contribution >= 0.6 is 0 Å². The molecule has 0 radical (unpaired) electrons. The minimum absolute atomic E-state index is 0.0827. The highest BCUT2D eigenvalue weighted by atomic mass is 16.7. The summed E-state index contributed by atoms with van der Waals surface area (Å²) < 4.78 is 10.7. The summed E-state index contributed by atoms with van der Waals surface area (Å²) in [4.78, 5) is 23.6. The number of carbonyl (C=O) groups excluding carboxylic acids is 2. The van der Waals surface area contributed by atoms with Crippen LogP contribution in [0.3, 0.4) is 0 Å². The van der Waals surface area contributed by atoms with Crippen molar-refractivity contribution in [2.75, 3.05) is 0 Å². The lowest BCUT2D eigenvalue weighted by atomic mass is 9.99. The smallest absolute Gasteiger partial charge is 0.337 e. The molecule has 0 bridgehead atoms. The maximum Gasteiger partial charge on any atom is 0.337 e. The zero-order valence-electron chi connectivity index (χ0n) is 11.9. The van der Waals surface area contributed by atoms with Crippen molar-refractivity contribution in [3.05, 3.63) is 47.7 Å². The Morgan fingerprint density at radius 3 is 2.71 bits per heavy atom. The first kappa shape index (κ1) is 15.1. The third kappa shape index (κ3) is 3.62. The second-order valence-corrected chi connectivity index (χ2v) is 4.93. The molecule has 1 aliphatic rings. The standard InChI is InChI=1S/C16H18O5/c1-2-3-9-14(18)20-16(12-7-5-4-6-8-12)11-13(17)10-15(19)21-16/h4-8,10,17H,2-3,9,11H2,1H3. The minimum Gasteiger partial charge on any atom is -0.512 e. The van der Waals surface area contributed by atoms with E-state index in [1.54, 1.807) is 30.3 Å². The quantitative estimate of drug-likeness (QED) is 0.844. The van der Waals surface area contributed by atoms with Crippen LogP contribution in [0.4, 0.5) is 0 Å². The van der Waals surface area contributed by atoms with Crippen LogP contribution < -0.4 is 0 Å². The Labute approximate surface area is 123 Å². The number of ether oxygens (including phenoxy) is 2. The van der Waals surface area contributed by atoms with Gasteiger partial charge < -0.3 is 14.6 Å². The first-order chi connectivity index (χ1) is 10.1. The fraction of sp³-hybridized carbons (Fsp3) is 0.375. The van der Waals surface area contributed by atoms with E-state index in [0.29, 0.717) is 12.0 Å². The molecule has 0 fully saturated rings. The second-order valence-electron chi connectivity index (χ2n) is 4.93. The van der Waals surface area contributed by atoms with E-state index in [-0.39, 0.29) is 18.6 Å². The van der Waals surface area contributed by atoms with E-state index in [9.17, 15) is 14.7 Å². The van der Waals surface area contributed by atoms with Gasteiger partial charge in [0.25, 0.3) is 5.79 Å². The number of rotatable bonds is 5. The zero-order valence-corrected chi connectivity index (χ0v) is 11.9. The van der Waals surface area contributed by atoms with Gasteiger partial charge in [-0.3, -0.25) is 4.79 Å². The summed E-state index contributed by atoms with van der Waals surface area (Å²) in [5.41, 5.74) is 0.517. The van der Waals surface area contributed by atoms with Gasteiger partial charge in [-0.1, -0.05) is 43.7 Å². The Morgan fingerprint density at radius 1 is 1.38 bits per heavy atom. The highest BCUT2D eigenvalue weighted by molar-refractivity contribution is 5.84. The number of hydrogen-bond acceptors (Lipinski definition) is 5. The Hall–Kier alpha value is -2.30. The molecule has 1 heterocycles. The van der Waals surface area contributed by atoms with Gasteiger partial charge in [-0.25, -0.2) is 4.79 Å². The van der Waals surface area contributed by atoms with E-state index in [4.69, 9.17) is 9.47 Å². The Morgan fingerprint density at radius 2 is 2.10 bits per heavy atom. The maximum absolute atomic E-state index is 11.9. The van der Waals surface area contributed by atoms with Crippen molar-refractivity contribution >= 4 is 11.9 Å². The molecule has 0 aromatic heterocycles. The fourth-order valence-corrected chi connectivity index (χ4v) is 2.18. The van der Waals surface area contributed by atoms with E-state index in [1.807, 2.05) is 6.92 Å². The van der Waals surface area contributed by atoms with Gasteiger partial charge in [0.05, 0.1) is 12.5 Å². The minimum atomic E-state index is -1.58. The van der Waals surface area contributed by atoms with E-state index >= 15 is 0 Å². The lowest BCUT2D eigenvalue weighted by Crippen LogP contribution is -2.40. The molecule has 112 valence electrons. The summed E-state index contributed by atoms with van der Waals surface area (Å²) in [5.74, 6) is -2.94. The second kappa shape index (κ2) is 6.43. The maximum atomic E-state index is 11.9. The van der Waals surface area contributed by atoms with E-state index in [0.717, 1.165) is 12.5 Å². The normalized spacial score (nSPS) is 21.4. The van der Waals surface area contributed by atoms with Crippen molar-refractivity contribution in [1.29, 1.82) is 0 Å². The van der Waals surface area contributed by atoms with Crippen LogP contribution in [0.25, 0.3) is 0 Å². The molecule has 1 atom stereocenters. The molecule has 1 aromatic rings. The van der Waals surface area contributed by atoms with Crippen molar-refractivity contribution in [3.8, 4) is 0 Å². The van der Waals surface area contributed by atoms with Crippen LogP contribution in [0.15, 0.2) is 42.2 Å². The number of unbranched alkanes of at least 4 members (excludes halogenated alkanes) is 1. The number of hydrogen-bond donors (Lipinski definition) is 1. The van der Waals surface area contributed by atoms with Crippen LogP contribution in [0, 0.1) is 0 Å². The summed E-state index contributed by atoms with van der Waals surface area (Å²) in [6, 6.07) is 8.69. The predicted octanol–water partition coefficient (Wildman–Crippen LogP) is 2.96. The monoisotopic (exact) mass is 290 g/mol. The molecule has 21 heavy (non-hydrogen) atoms. The van der Waals surface area contributed by atoms with E-state index in [1.165, 1.54) is 0 Å². The number of carbonyl (C=O) groups is 2. The first-order valence-corrected chi connectivity index (χ1v) is 6.95. The fourth-order valence-electron chi connectivity index (χ4n) is 2.18. The summed E-state index contributed by atoms with van der Waals surface area (Å²) in [6.45, 7) is 1.97. The predicted molar refractivity (Wildman–Crippen MR) is 75.2 cm³/mol. The molecule has 0 saturated heterocycles. The molecule has 1 unspecified atom stereocenters. The highest BCUT2D eigenvalue weighted by Gasteiger charge is 2.44. The highest BCUT2D eigenvalue weighted by Crippen LogP contribution is 2.37. The summed E-state index contributed by atoms with van der Waals surface area (Å²) in [5, 5.41) is 9.73. The number of aliphatic hydroxyl groups excluding tert-OH is 1. The number of aliphatic hydroxyl groups is 1. The van der Waals surface area contributed by atoms with Crippen LogP contribution in [-0.4, -0.2) is 17.0 Å². The molecule has 0 saturated carbocycles. The number of cyclic esters (lactones) is 1. The summed E-state index contributed by atoms with van der Waals surface area (Å²) in [6.07, 6.45) is 2.70. The molecule has 1 aliphatic heterocycles. The van der Waals surface area contributed by atoms with Crippen molar-refractivity contribution in [2.45, 2.75) is 38.4 Å². The topological polar surface area (TPSA) is 72.8 Å². The average Bonchev–Trinajstić information content (AvgIpc) is 2.45. The van der Waals surface area contributed by atoms with Gasteiger partial charge in [0.2, 0.25) is 0 Å². The van der Waals surface area contributed by atoms with Crippen LogP contribution in [-0.2, 0) is 24.8 Å². The van der Waals surface area contributed by atoms with Gasteiger partial charge in [0, 0.05) is 12.0 Å². The Balaban J connectivity index is 2.29. The van der Waals surface area contributed by atoms with Crippen molar-refractivity contribution in [3.63, 3.8) is 0 Å². The molecule has 0 aliphatic carbocycles. The Bertz CT molecular complexity index is 549. The average molecular weight is 290 g/mol. The molecular weight excluding hydrogens is 272 g/mol. The van der Waals surface area contributed by atoms with Crippen molar-refractivity contribution < 1.29 is 24.2 Å². The zero-order chi connectivity index (χ0) is 15.3. The molecule has 0 amide bonds. The molecular formula is C16H18O5. The SMILES string of the molecule is CCCCC(=O)OC1(c2ccccc2)CC(O)=CC(=O)O1. The molecule has 5 nitrogen and oxygen atoms in total. The third-order valence-corrected chi connectivity index (χ3v) is 3.19. The van der Waals surface area contributed by atoms with E-state index in [2.05, 4.69) is 0 Å². The van der Waals surface area contributed by atoms with Gasteiger partial charge in [0.1, 0.15) is 5.76 Å². The number of esters is 2. The van der Waals surface area contributed by atoms with Gasteiger partial charge in [-0.05, 0) is 6.42 Å². The summed E-state index contributed by atoms with van der Waals surface area (Å²) >= 11 is 0. The third-order valence-electron chi connectivity index (χ3n) is 3.19. The lowest BCUT2D eigenvalue weighted by Gasteiger charge is -2.34. The molecule has 1 N–H and O–H groups in total. The van der Waals surface area contributed by atoms with Gasteiger partial charge in [-0.2, -0.15) is 0 Å². The van der Waals surface area contributed by atoms with Gasteiger partial charge in [0.15, 0.2) is 0 Å². The molecule has 1 aromatic carbocycles. The Kier molecular flexibility index (Phi) is 4.62. The van der Waals surface area contributed by atoms with Gasteiger partial charge >= 0.3 is 11.9 Å².